The van der Waals surface area contributed by atoms with E-state index in [0.717, 1.165) is 12.8 Å². The zero-order valence-electron chi connectivity index (χ0n) is 5.96. The van der Waals surface area contributed by atoms with Crippen LogP contribution in [0.25, 0.3) is 0 Å². The highest BCUT2D eigenvalue weighted by Crippen LogP contribution is 2.19. The fraction of sp³-hybridized carbons (Fsp3) is 0.375. The van der Waals surface area contributed by atoms with Gasteiger partial charge < -0.3 is 5.32 Å². The van der Waals surface area contributed by atoms with Crippen LogP contribution in [0.3, 0.4) is 0 Å². The van der Waals surface area contributed by atoms with Gasteiger partial charge in [-0.05, 0) is 24.3 Å². The van der Waals surface area contributed by atoms with E-state index in [1.807, 2.05) is 5.38 Å². The van der Waals surface area contributed by atoms with Crippen molar-refractivity contribution in [2.75, 3.05) is 0 Å². The zero-order valence-corrected chi connectivity index (χ0v) is 6.78. The van der Waals surface area contributed by atoms with Gasteiger partial charge in [0.05, 0.1) is 10.9 Å². The number of hydrogen-bond acceptors (Lipinski definition) is 2. The predicted molar refractivity (Wildman–Crippen MR) is 43.6 cm³/mol. The van der Waals surface area contributed by atoms with Crippen LogP contribution in [0.1, 0.15) is 23.2 Å². The summed E-state index contributed by atoms with van der Waals surface area (Å²) in [4.78, 5) is 11.2. The molecule has 1 amide bonds. The average molecular weight is 166 g/mol. The smallest absolute Gasteiger partial charge is 0.253 e. The van der Waals surface area contributed by atoms with Crippen molar-refractivity contribution >= 4 is 17.2 Å². The van der Waals surface area contributed by atoms with Crippen LogP contribution in [-0.4, -0.2) is 11.9 Å². The Kier molecular flexibility index (Phi) is 1.66. The van der Waals surface area contributed by atoms with Gasteiger partial charge in [0.1, 0.15) is 0 Å². The summed E-state index contributed by atoms with van der Waals surface area (Å²) in [5.41, 5.74) is 0.668. The van der Waals surface area contributed by atoms with Crippen molar-refractivity contribution in [3.05, 3.63) is 22.4 Å². The summed E-state index contributed by atoms with van der Waals surface area (Å²) in [6.45, 7) is 0. The summed E-state index contributed by atoms with van der Waals surface area (Å²) in [6.07, 6.45) is 2.27. The molecule has 1 heterocycles. The molecule has 57 valence electrons. The molecule has 0 saturated heterocycles. The minimum absolute atomic E-state index is 0.0220. The number of rotatable bonds is 2. The molecule has 2 rings (SSSR count). The zero-order chi connectivity index (χ0) is 7.68. The maximum Gasteiger partial charge on any atom is 0.253 e. The number of carbonyl (C=O) groups is 1. The molecule has 3 heteroatoms. The fourth-order valence-corrected chi connectivity index (χ4v) is 1.41. The summed E-state index contributed by atoms with van der Waals surface area (Å²) >= 11 is 1.43. The third kappa shape index (κ3) is 1.60. The van der Waals surface area contributed by atoms with Crippen molar-refractivity contribution in [3.63, 3.8) is 0 Å². The fourth-order valence-electron chi connectivity index (χ4n) is 0.846. The molecule has 2 nitrogen and oxygen atoms in total. The first-order valence-electron chi connectivity index (χ1n) is 3.62. The predicted octanol–water partition coefficient (Wildman–Crippen LogP) is 1.44. The Labute approximate surface area is 69.2 Å². The van der Waals surface area contributed by atoms with Gasteiger partial charge >= 0.3 is 0 Å². The van der Waals surface area contributed by atoms with Crippen LogP contribution in [-0.2, 0) is 0 Å². The summed E-state index contributed by atoms with van der Waals surface area (Å²) < 4.78 is 0. The quantitative estimate of drug-likeness (QED) is 0.707. The van der Waals surface area contributed by atoms with Crippen LogP contribution in [0.5, 0.6) is 0 Å². The van der Waals surface area contributed by atoms with Crippen molar-refractivity contribution in [1.82, 2.24) is 5.32 Å². The Morgan fingerprint density at radius 1 is 1.73 bits per heavy atom. The molecule has 0 unspecified atom stereocenters. The van der Waals surface area contributed by atoms with E-state index in [-0.39, 0.29) is 5.91 Å². The summed E-state index contributed by atoms with van der Waals surface area (Å²) in [5, 5.41) is 7.66. The molecule has 1 saturated carbocycles. The molecule has 0 bridgehead atoms. The highest BCUT2D eigenvalue weighted by molar-refractivity contribution is 7.07. The standard InChI is InChI=1S/C8H8NOS/c10-8(9-7-1-2-7)6-3-4-11-5-6/h3-4,7H,1-2H2,(H,9,10). The van der Waals surface area contributed by atoms with Gasteiger partial charge in [-0.25, -0.2) is 0 Å². The first-order valence-corrected chi connectivity index (χ1v) is 4.50. The summed E-state index contributed by atoms with van der Waals surface area (Å²) in [7, 11) is 0. The monoisotopic (exact) mass is 166 g/mol. The van der Waals surface area contributed by atoms with E-state index >= 15 is 0 Å². The second kappa shape index (κ2) is 2.66. The van der Waals surface area contributed by atoms with E-state index in [9.17, 15) is 4.79 Å². The lowest BCUT2D eigenvalue weighted by molar-refractivity contribution is 0.0951. The Morgan fingerprint density at radius 2 is 2.55 bits per heavy atom. The lowest BCUT2D eigenvalue weighted by atomic mass is 10.3. The summed E-state index contributed by atoms with van der Waals surface area (Å²) in [6, 6.07) is 2.23. The van der Waals surface area contributed by atoms with E-state index < -0.39 is 0 Å². The number of carbonyl (C=O) groups excluding carboxylic acids is 1. The lowest BCUT2D eigenvalue weighted by Gasteiger charge is -1.97. The molecule has 1 aromatic heterocycles. The number of thiophene rings is 1. The Morgan fingerprint density at radius 3 is 3.09 bits per heavy atom. The van der Waals surface area contributed by atoms with Crippen molar-refractivity contribution in [2.45, 2.75) is 18.9 Å². The van der Waals surface area contributed by atoms with Gasteiger partial charge in [0.25, 0.3) is 5.91 Å². The second-order valence-corrected chi connectivity index (χ2v) is 3.40. The van der Waals surface area contributed by atoms with Crippen LogP contribution in [0.4, 0.5) is 0 Å². The molecule has 0 aromatic carbocycles. The molecular weight excluding hydrogens is 158 g/mol. The molecule has 0 spiro atoms. The van der Waals surface area contributed by atoms with Crippen molar-refractivity contribution in [2.24, 2.45) is 0 Å². The highest BCUT2D eigenvalue weighted by Gasteiger charge is 2.23. The van der Waals surface area contributed by atoms with Gasteiger partial charge in [-0.15, -0.1) is 11.3 Å². The SMILES string of the molecule is O=C(NC1CC1)c1[c]scc1. The molecule has 1 N–H and O–H groups in total. The third-order valence-electron chi connectivity index (χ3n) is 1.63. The minimum Gasteiger partial charge on any atom is -0.349 e. The van der Waals surface area contributed by atoms with E-state index in [4.69, 9.17) is 0 Å². The molecular formula is C8H8NOS. The first kappa shape index (κ1) is 6.85. The lowest BCUT2D eigenvalue weighted by Crippen LogP contribution is -2.24. The van der Waals surface area contributed by atoms with E-state index in [2.05, 4.69) is 10.7 Å². The van der Waals surface area contributed by atoms with Gasteiger partial charge in [0.15, 0.2) is 0 Å². The van der Waals surface area contributed by atoms with Crippen molar-refractivity contribution in [1.29, 1.82) is 0 Å². The van der Waals surface area contributed by atoms with Crippen LogP contribution in [0, 0.1) is 5.38 Å². The Balaban J connectivity index is 1.99. The molecule has 1 fully saturated rings. The summed E-state index contributed by atoms with van der Waals surface area (Å²) in [5.74, 6) is 0.0220. The van der Waals surface area contributed by atoms with Crippen LogP contribution in [0.2, 0.25) is 0 Å². The van der Waals surface area contributed by atoms with Crippen LogP contribution >= 0.6 is 11.3 Å². The van der Waals surface area contributed by atoms with Crippen LogP contribution < -0.4 is 5.32 Å². The maximum absolute atomic E-state index is 11.2. The van der Waals surface area contributed by atoms with Gasteiger partial charge in [-0.1, -0.05) is 0 Å². The van der Waals surface area contributed by atoms with Gasteiger partial charge in [-0.2, -0.15) is 0 Å². The van der Waals surface area contributed by atoms with E-state index in [1.165, 1.54) is 11.3 Å². The van der Waals surface area contributed by atoms with Crippen molar-refractivity contribution in [3.8, 4) is 0 Å². The van der Waals surface area contributed by atoms with Gasteiger partial charge in [-0.3, -0.25) is 4.79 Å². The minimum atomic E-state index is 0.0220. The topological polar surface area (TPSA) is 29.1 Å². The third-order valence-corrected chi connectivity index (χ3v) is 2.24. The highest BCUT2D eigenvalue weighted by atomic mass is 32.1. The molecule has 0 aliphatic heterocycles. The Bertz CT molecular complexity index is 251. The molecule has 1 aromatic rings. The van der Waals surface area contributed by atoms with Gasteiger partial charge in [0, 0.05) is 6.04 Å². The van der Waals surface area contributed by atoms with E-state index in [1.54, 1.807) is 6.07 Å². The van der Waals surface area contributed by atoms with E-state index in [0.29, 0.717) is 11.6 Å². The second-order valence-electron chi connectivity index (χ2n) is 2.68. The number of amides is 1. The van der Waals surface area contributed by atoms with Crippen molar-refractivity contribution < 1.29 is 4.79 Å². The largest absolute Gasteiger partial charge is 0.349 e. The Hall–Kier alpha value is -0.830. The normalized spacial score (nSPS) is 16.4. The maximum atomic E-state index is 11.2. The first-order chi connectivity index (χ1) is 5.36. The molecule has 11 heavy (non-hydrogen) atoms. The molecule has 1 aliphatic rings. The molecule has 1 radical (unpaired) electrons. The number of nitrogens with one attached hydrogen (secondary N) is 1. The van der Waals surface area contributed by atoms with Gasteiger partial charge in [0.2, 0.25) is 0 Å². The molecule has 1 aliphatic carbocycles. The molecule has 0 atom stereocenters. The number of hydrogen-bond donors (Lipinski definition) is 1. The average Bonchev–Trinajstić information content (AvgIpc) is 2.67. The van der Waals surface area contributed by atoms with Crippen LogP contribution in [0.15, 0.2) is 11.4 Å².